The Morgan fingerprint density at radius 3 is 2.03 bits per heavy atom. The lowest BCUT2D eigenvalue weighted by molar-refractivity contribution is 0.0295. The Kier molecular flexibility index (Phi) is 9.51. The number of hydrogen-bond acceptors (Lipinski definition) is 5. The van der Waals surface area contributed by atoms with Crippen molar-refractivity contribution in [2.24, 2.45) is 0 Å². The number of hydrogen-bond donors (Lipinski definition) is 2. The van der Waals surface area contributed by atoms with Crippen molar-refractivity contribution in [3.63, 3.8) is 0 Å². The van der Waals surface area contributed by atoms with Crippen molar-refractivity contribution in [1.29, 1.82) is 0 Å². The van der Waals surface area contributed by atoms with Crippen LogP contribution in [0.2, 0.25) is 0 Å². The minimum atomic E-state index is -0.791. The molecule has 0 aromatic heterocycles. The number of amides is 2. The Bertz CT molecular complexity index is 739. The molecule has 0 bridgehead atoms. The molecule has 0 saturated carbocycles. The summed E-state index contributed by atoms with van der Waals surface area (Å²) in [7, 11) is 0. The average Bonchev–Trinajstić information content (AvgIpc) is 2.77. The van der Waals surface area contributed by atoms with Gasteiger partial charge in [-0.05, 0) is 17.5 Å². The lowest BCUT2D eigenvalue weighted by Gasteiger charge is -2.29. The first-order chi connectivity index (χ1) is 14.1. The lowest BCUT2D eigenvalue weighted by Crippen LogP contribution is -2.53. The monoisotopic (exact) mass is 400 g/mol. The quantitative estimate of drug-likeness (QED) is 0.621. The van der Waals surface area contributed by atoms with E-state index in [1.807, 2.05) is 67.6 Å². The normalized spacial score (nSPS) is 11.4. The smallest absolute Gasteiger partial charge is 0.429 e. The molecule has 0 heterocycles. The van der Waals surface area contributed by atoms with Gasteiger partial charge in [-0.1, -0.05) is 80.4 Å². The Labute approximate surface area is 171 Å². The van der Waals surface area contributed by atoms with Crippen LogP contribution in [0.15, 0.2) is 60.7 Å². The third-order valence-corrected chi connectivity index (χ3v) is 4.29. The SMILES string of the molecule is CCCC[C@H](CO)N(NC(=O)OCc1ccccc1)C(=O)OCc1ccccc1. The summed E-state index contributed by atoms with van der Waals surface area (Å²) in [6, 6.07) is 17.8. The van der Waals surface area contributed by atoms with Crippen LogP contribution in [-0.4, -0.2) is 35.0 Å². The highest BCUT2D eigenvalue weighted by molar-refractivity contribution is 5.74. The highest BCUT2D eigenvalue weighted by Crippen LogP contribution is 2.11. The molecule has 7 nitrogen and oxygen atoms in total. The van der Waals surface area contributed by atoms with Gasteiger partial charge >= 0.3 is 12.2 Å². The van der Waals surface area contributed by atoms with Crippen LogP contribution < -0.4 is 5.43 Å². The van der Waals surface area contributed by atoms with Crippen LogP contribution in [0.4, 0.5) is 9.59 Å². The number of carbonyl (C=O) groups excluding carboxylic acids is 2. The summed E-state index contributed by atoms with van der Waals surface area (Å²) >= 11 is 0. The van der Waals surface area contributed by atoms with Gasteiger partial charge in [-0.15, -0.1) is 0 Å². The average molecular weight is 400 g/mol. The largest absolute Gasteiger partial charge is 0.443 e. The van der Waals surface area contributed by atoms with Crippen LogP contribution in [0.1, 0.15) is 37.3 Å². The van der Waals surface area contributed by atoms with Crippen molar-refractivity contribution in [3.8, 4) is 0 Å². The highest BCUT2D eigenvalue weighted by Gasteiger charge is 2.27. The van der Waals surface area contributed by atoms with Gasteiger partial charge in [-0.2, -0.15) is 0 Å². The molecule has 2 rings (SSSR count). The number of rotatable bonds is 9. The number of nitrogens with one attached hydrogen (secondary N) is 1. The molecular formula is C22H28N2O5. The van der Waals surface area contributed by atoms with Gasteiger partial charge in [0, 0.05) is 0 Å². The number of aliphatic hydroxyl groups is 1. The molecule has 2 aromatic carbocycles. The first-order valence-electron chi connectivity index (χ1n) is 9.72. The predicted octanol–water partition coefficient (Wildman–Crippen LogP) is 4.02. The number of unbranched alkanes of at least 4 members (excludes halogenated alkanes) is 1. The molecule has 0 aliphatic heterocycles. The minimum Gasteiger partial charge on any atom is -0.443 e. The van der Waals surface area contributed by atoms with Crippen molar-refractivity contribution in [1.82, 2.24) is 10.4 Å². The Balaban J connectivity index is 1.98. The van der Waals surface area contributed by atoms with Crippen LogP contribution in [0, 0.1) is 0 Å². The van der Waals surface area contributed by atoms with E-state index in [0.717, 1.165) is 29.0 Å². The van der Waals surface area contributed by atoms with Crippen LogP contribution in [-0.2, 0) is 22.7 Å². The first kappa shape index (κ1) is 22.2. The van der Waals surface area contributed by atoms with Gasteiger partial charge in [0.05, 0.1) is 12.6 Å². The van der Waals surface area contributed by atoms with Crippen LogP contribution in [0.25, 0.3) is 0 Å². The molecule has 156 valence electrons. The van der Waals surface area contributed by atoms with Crippen molar-refractivity contribution in [2.45, 2.75) is 45.4 Å². The zero-order chi connectivity index (χ0) is 20.9. The van der Waals surface area contributed by atoms with Gasteiger partial charge in [0.2, 0.25) is 0 Å². The van der Waals surface area contributed by atoms with Crippen molar-refractivity contribution < 1.29 is 24.2 Å². The molecule has 0 spiro atoms. The van der Waals surface area contributed by atoms with Crippen molar-refractivity contribution in [2.75, 3.05) is 6.61 Å². The van der Waals surface area contributed by atoms with E-state index in [1.165, 1.54) is 0 Å². The summed E-state index contributed by atoms with van der Waals surface area (Å²) in [6.07, 6.45) is 0.656. The lowest BCUT2D eigenvalue weighted by atomic mass is 10.1. The molecule has 0 aliphatic carbocycles. The molecule has 7 heteroatoms. The number of hydrazine groups is 1. The Morgan fingerprint density at radius 2 is 1.52 bits per heavy atom. The first-order valence-corrected chi connectivity index (χ1v) is 9.72. The van der Waals surface area contributed by atoms with E-state index in [2.05, 4.69) is 5.43 Å². The molecule has 0 aliphatic rings. The van der Waals surface area contributed by atoms with E-state index in [1.54, 1.807) is 0 Å². The molecule has 0 saturated heterocycles. The molecule has 1 atom stereocenters. The van der Waals surface area contributed by atoms with Crippen molar-refractivity contribution in [3.05, 3.63) is 71.8 Å². The predicted molar refractivity (Wildman–Crippen MR) is 109 cm³/mol. The van der Waals surface area contributed by atoms with E-state index in [9.17, 15) is 14.7 Å². The topological polar surface area (TPSA) is 88.1 Å². The molecule has 0 unspecified atom stereocenters. The third kappa shape index (κ3) is 7.83. The fraction of sp³-hybridized carbons (Fsp3) is 0.364. The molecule has 0 radical (unpaired) electrons. The zero-order valence-electron chi connectivity index (χ0n) is 16.6. The number of aliphatic hydroxyl groups excluding tert-OH is 1. The minimum absolute atomic E-state index is 0.0584. The van der Waals surface area contributed by atoms with Gasteiger partial charge in [-0.25, -0.2) is 20.0 Å². The second kappa shape index (κ2) is 12.4. The van der Waals surface area contributed by atoms with Crippen LogP contribution in [0.5, 0.6) is 0 Å². The Morgan fingerprint density at radius 1 is 0.966 bits per heavy atom. The van der Waals surface area contributed by atoms with Gasteiger partial charge in [0.1, 0.15) is 13.2 Å². The highest BCUT2D eigenvalue weighted by atomic mass is 16.6. The van der Waals surface area contributed by atoms with Crippen molar-refractivity contribution >= 4 is 12.2 Å². The number of benzene rings is 2. The van der Waals surface area contributed by atoms with Gasteiger partial charge in [-0.3, -0.25) is 0 Å². The zero-order valence-corrected chi connectivity index (χ0v) is 16.6. The molecule has 2 amide bonds. The van der Waals surface area contributed by atoms with Gasteiger partial charge in [0.15, 0.2) is 0 Å². The fourth-order valence-electron chi connectivity index (χ4n) is 2.67. The fourth-order valence-corrected chi connectivity index (χ4v) is 2.67. The summed E-state index contributed by atoms with van der Waals surface area (Å²) in [4.78, 5) is 24.8. The van der Waals surface area contributed by atoms with Gasteiger partial charge in [0.25, 0.3) is 0 Å². The van der Waals surface area contributed by atoms with E-state index >= 15 is 0 Å². The summed E-state index contributed by atoms with van der Waals surface area (Å²) in [6.45, 7) is 1.83. The third-order valence-electron chi connectivity index (χ3n) is 4.29. The summed E-state index contributed by atoms with van der Waals surface area (Å²) in [5.41, 5.74) is 4.07. The number of carbonyl (C=O) groups is 2. The molecular weight excluding hydrogens is 372 g/mol. The molecule has 0 fully saturated rings. The van der Waals surface area contributed by atoms with Gasteiger partial charge < -0.3 is 14.6 Å². The maximum Gasteiger partial charge on any atom is 0.429 e. The molecule has 29 heavy (non-hydrogen) atoms. The van der Waals surface area contributed by atoms with E-state index in [0.29, 0.717) is 6.42 Å². The Hall–Kier alpha value is -3.06. The number of nitrogens with zero attached hydrogens (tertiary/aromatic N) is 1. The number of ether oxygens (including phenoxy) is 2. The maximum absolute atomic E-state index is 12.6. The van der Waals surface area contributed by atoms with E-state index in [4.69, 9.17) is 9.47 Å². The summed E-state index contributed by atoms with van der Waals surface area (Å²) < 4.78 is 10.5. The van der Waals surface area contributed by atoms with Crippen LogP contribution in [0.3, 0.4) is 0 Å². The summed E-state index contributed by atoms with van der Waals surface area (Å²) in [5.74, 6) is 0. The molecule has 2 N–H and O–H groups in total. The summed E-state index contributed by atoms with van der Waals surface area (Å²) in [5, 5.41) is 10.8. The van der Waals surface area contributed by atoms with E-state index < -0.39 is 18.2 Å². The van der Waals surface area contributed by atoms with E-state index in [-0.39, 0.29) is 19.8 Å². The second-order valence-corrected chi connectivity index (χ2v) is 6.56. The maximum atomic E-state index is 12.6. The molecule has 2 aromatic rings. The standard InChI is InChI=1S/C22H28N2O5/c1-2-3-14-20(15-25)24(22(27)29-17-19-12-8-5-9-13-19)23-21(26)28-16-18-10-6-4-7-11-18/h4-13,20,25H,2-3,14-17H2,1H3,(H,23,26)/t20-/m1/s1. The second-order valence-electron chi connectivity index (χ2n) is 6.56. The van der Waals surface area contributed by atoms with Crippen LogP contribution >= 0.6 is 0 Å².